The Labute approximate surface area is 78.3 Å². The molecule has 1 rings (SSSR count). The molecule has 1 aromatic carbocycles. The van der Waals surface area contributed by atoms with Crippen LogP contribution >= 0.6 is 0 Å². The molecule has 0 radical (unpaired) electrons. The molecular formula is C11H13NO. The van der Waals surface area contributed by atoms with Crippen molar-refractivity contribution in [1.82, 2.24) is 0 Å². The Morgan fingerprint density at radius 2 is 2.15 bits per heavy atom. The summed E-state index contributed by atoms with van der Waals surface area (Å²) in [4.78, 5) is 13.5. The molecule has 1 unspecified atom stereocenters. The molecule has 68 valence electrons. The number of aliphatic imine (C=N–C) groups is 1. The highest BCUT2D eigenvalue weighted by Crippen LogP contribution is 2.18. The highest BCUT2D eigenvalue weighted by molar-refractivity contribution is 5.34. The Hall–Kier alpha value is -1.40. The van der Waals surface area contributed by atoms with E-state index in [0.29, 0.717) is 12.5 Å². The van der Waals surface area contributed by atoms with Gasteiger partial charge in [-0.25, -0.2) is 9.79 Å². The number of rotatable bonds is 3. The maximum Gasteiger partial charge on any atom is 0.234 e. The van der Waals surface area contributed by atoms with E-state index in [0.717, 1.165) is 0 Å². The minimum absolute atomic E-state index is 0.294. The molecule has 0 amide bonds. The van der Waals surface area contributed by atoms with Gasteiger partial charge in [0.25, 0.3) is 0 Å². The molecule has 0 saturated carbocycles. The molecule has 0 spiro atoms. The van der Waals surface area contributed by atoms with Gasteiger partial charge in [0, 0.05) is 5.92 Å². The minimum Gasteiger partial charge on any atom is -0.211 e. The molecule has 2 heteroatoms. The van der Waals surface area contributed by atoms with Crippen LogP contribution in [0.5, 0.6) is 0 Å². The van der Waals surface area contributed by atoms with Crippen molar-refractivity contribution in [3.63, 3.8) is 0 Å². The fourth-order valence-corrected chi connectivity index (χ4v) is 1.41. The van der Waals surface area contributed by atoms with Crippen molar-refractivity contribution in [2.24, 2.45) is 4.99 Å². The number of aryl methyl sites for hydroxylation is 1. The third-order valence-electron chi connectivity index (χ3n) is 2.15. The van der Waals surface area contributed by atoms with Crippen molar-refractivity contribution in [3.8, 4) is 0 Å². The molecule has 0 heterocycles. The lowest BCUT2D eigenvalue weighted by Crippen LogP contribution is -1.99. The second kappa shape index (κ2) is 4.58. The predicted molar refractivity (Wildman–Crippen MR) is 52.6 cm³/mol. The first-order valence-corrected chi connectivity index (χ1v) is 4.35. The molecule has 0 N–H and O–H groups in total. The summed E-state index contributed by atoms with van der Waals surface area (Å²) in [6, 6.07) is 8.15. The molecule has 0 saturated heterocycles. The third kappa shape index (κ3) is 2.53. The van der Waals surface area contributed by atoms with Crippen molar-refractivity contribution in [3.05, 3.63) is 35.4 Å². The highest BCUT2D eigenvalue weighted by Gasteiger charge is 2.06. The molecule has 1 aromatic rings. The van der Waals surface area contributed by atoms with Crippen LogP contribution < -0.4 is 0 Å². The number of carbonyl (C=O) groups excluding carboxylic acids is 1. The van der Waals surface area contributed by atoms with E-state index in [9.17, 15) is 4.79 Å². The van der Waals surface area contributed by atoms with Crippen LogP contribution in [0.25, 0.3) is 0 Å². The van der Waals surface area contributed by atoms with Crippen molar-refractivity contribution in [2.75, 3.05) is 6.54 Å². The molecule has 1 atom stereocenters. The van der Waals surface area contributed by atoms with E-state index in [-0.39, 0.29) is 0 Å². The molecule has 13 heavy (non-hydrogen) atoms. The summed E-state index contributed by atoms with van der Waals surface area (Å²) < 4.78 is 0. The van der Waals surface area contributed by atoms with Gasteiger partial charge in [0.1, 0.15) is 0 Å². The topological polar surface area (TPSA) is 29.4 Å². The van der Waals surface area contributed by atoms with Gasteiger partial charge in [0.05, 0.1) is 6.54 Å². The van der Waals surface area contributed by atoms with Gasteiger partial charge in [-0.05, 0) is 18.1 Å². The minimum atomic E-state index is 0.294. The number of benzene rings is 1. The average molecular weight is 175 g/mol. The Morgan fingerprint density at radius 3 is 2.77 bits per heavy atom. The number of isocyanates is 1. The molecule has 0 fully saturated rings. The standard InChI is InChI=1S/C11H13NO/c1-9-5-3-4-6-11(9)10(2)7-12-8-13/h3-6,10H,7H2,1-2H3. The Bertz CT molecular complexity index is 327. The van der Waals surface area contributed by atoms with Crippen LogP contribution in [-0.2, 0) is 4.79 Å². The Kier molecular flexibility index (Phi) is 3.41. The van der Waals surface area contributed by atoms with Crippen LogP contribution in [0.2, 0.25) is 0 Å². The zero-order chi connectivity index (χ0) is 9.68. The fourth-order valence-electron chi connectivity index (χ4n) is 1.41. The molecule has 0 aliphatic heterocycles. The van der Waals surface area contributed by atoms with Gasteiger partial charge in [-0.1, -0.05) is 31.2 Å². The summed E-state index contributed by atoms with van der Waals surface area (Å²) in [6.07, 6.45) is 1.56. The Morgan fingerprint density at radius 1 is 1.46 bits per heavy atom. The van der Waals surface area contributed by atoms with Gasteiger partial charge >= 0.3 is 0 Å². The van der Waals surface area contributed by atoms with Crippen LogP contribution in [0.15, 0.2) is 29.3 Å². The van der Waals surface area contributed by atoms with E-state index in [1.54, 1.807) is 6.08 Å². The number of nitrogens with zero attached hydrogens (tertiary/aromatic N) is 1. The first kappa shape index (κ1) is 9.69. The van der Waals surface area contributed by atoms with Crippen LogP contribution in [0.3, 0.4) is 0 Å². The van der Waals surface area contributed by atoms with Gasteiger partial charge in [-0.15, -0.1) is 0 Å². The van der Waals surface area contributed by atoms with E-state index in [1.807, 2.05) is 12.1 Å². The average Bonchev–Trinajstić information content (AvgIpc) is 2.15. The summed E-state index contributed by atoms with van der Waals surface area (Å²) in [6.45, 7) is 4.65. The molecular weight excluding hydrogens is 162 g/mol. The largest absolute Gasteiger partial charge is 0.234 e. The normalized spacial score (nSPS) is 11.8. The van der Waals surface area contributed by atoms with E-state index < -0.39 is 0 Å². The van der Waals surface area contributed by atoms with Gasteiger partial charge < -0.3 is 0 Å². The summed E-state index contributed by atoms with van der Waals surface area (Å²) in [7, 11) is 0. The predicted octanol–water partition coefficient (Wildman–Crippen LogP) is 2.43. The van der Waals surface area contributed by atoms with Crippen molar-refractivity contribution < 1.29 is 4.79 Å². The SMILES string of the molecule is Cc1ccccc1C(C)CN=C=O. The number of hydrogen-bond acceptors (Lipinski definition) is 2. The molecule has 2 nitrogen and oxygen atoms in total. The summed E-state index contributed by atoms with van der Waals surface area (Å²) >= 11 is 0. The fraction of sp³-hybridized carbons (Fsp3) is 0.364. The van der Waals surface area contributed by atoms with Gasteiger partial charge in [0.2, 0.25) is 6.08 Å². The lowest BCUT2D eigenvalue weighted by Gasteiger charge is -2.10. The van der Waals surface area contributed by atoms with Crippen LogP contribution in [0.4, 0.5) is 0 Å². The van der Waals surface area contributed by atoms with E-state index >= 15 is 0 Å². The van der Waals surface area contributed by atoms with Gasteiger partial charge in [-0.2, -0.15) is 0 Å². The smallest absolute Gasteiger partial charge is 0.211 e. The van der Waals surface area contributed by atoms with Crippen molar-refractivity contribution >= 4 is 6.08 Å². The van der Waals surface area contributed by atoms with Crippen LogP contribution in [0.1, 0.15) is 24.0 Å². The maximum atomic E-state index is 9.93. The molecule has 0 bridgehead atoms. The maximum absolute atomic E-state index is 9.93. The van der Waals surface area contributed by atoms with Gasteiger partial charge in [0.15, 0.2) is 0 Å². The number of hydrogen-bond donors (Lipinski definition) is 0. The highest BCUT2D eigenvalue weighted by atomic mass is 16.1. The second-order valence-electron chi connectivity index (χ2n) is 3.19. The third-order valence-corrected chi connectivity index (χ3v) is 2.15. The lowest BCUT2D eigenvalue weighted by molar-refractivity contribution is 0.561. The molecule has 0 aromatic heterocycles. The van der Waals surface area contributed by atoms with E-state index in [1.165, 1.54) is 11.1 Å². The monoisotopic (exact) mass is 175 g/mol. The first-order chi connectivity index (χ1) is 6.25. The summed E-state index contributed by atoms with van der Waals surface area (Å²) in [5.74, 6) is 0.294. The van der Waals surface area contributed by atoms with Crippen molar-refractivity contribution in [2.45, 2.75) is 19.8 Å². The van der Waals surface area contributed by atoms with E-state index in [2.05, 4.69) is 31.0 Å². The van der Waals surface area contributed by atoms with Gasteiger partial charge in [-0.3, -0.25) is 0 Å². The molecule has 0 aliphatic rings. The molecule has 0 aliphatic carbocycles. The van der Waals surface area contributed by atoms with Crippen molar-refractivity contribution in [1.29, 1.82) is 0 Å². The quantitative estimate of drug-likeness (QED) is 0.512. The van der Waals surface area contributed by atoms with E-state index in [4.69, 9.17) is 0 Å². The van der Waals surface area contributed by atoms with Crippen LogP contribution in [0, 0.1) is 6.92 Å². The lowest BCUT2D eigenvalue weighted by atomic mass is 9.97. The van der Waals surface area contributed by atoms with Crippen LogP contribution in [-0.4, -0.2) is 12.6 Å². The first-order valence-electron chi connectivity index (χ1n) is 4.35. The summed E-state index contributed by atoms with van der Waals surface area (Å²) in [5, 5.41) is 0. The summed E-state index contributed by atoms with van der Waals surface area (Å²) in [5.41, 5.74) is 2.50. The Balaban J connectivity index is 2.81. The zero-order valence-corrected chi connectivity index (χ0v) is 7.95. The zero-order valence-electron chi connectivity index (χ0n) is 7.95. The second-order valence-corrected chi connectivity index (χ2v) is 3.19.